The van der Waals surface area contributed by atoms with Crippen LogP contribution in [0.2, 0.25) is 5.02 Å². The number of carbonyl (C=O) groups excluding carboxylic acids is 1. The first-order valence-corrected chi connectivity index (χ1v) is 10.4. The van der Waals surface area contributed by atoms with Gasteiger partial charge in [-0.25, -0.2) is 8.42 Å². The second-order valence-corrected chi connectivity index (χ2v) is 8.59. The molecule has 0 bridgehead atoms. The Labute approximate surface area is 171 Å². The third kappa shape index (κ3) is 6.01. The summed E-state index contributed by atoms with van der Waals surface area (Å²) in [5.41, 5.74) is -0.740. The minimum atomic E-state index is -4.58. The topological polar surface area (TPSA) is 75.7 Å². The first-order valence-electron chi connectivity index (χ1n) is 8.17. The van der Waals surface area contributed by atoms with Crippen LogP contribution in [-0.2, 0) is 21.0 Å². The van der Waals surface area contributed by atoms with E-state index in [0.717, 1.165) is 28.8 Å². The lowest BCUT2D eigenvalue weighted by Gasteiger charge is -2.18. The Morgan fingerprint density at radius 3 is 2.28 bits per heavy atom. The number of amides is 1. The Morgan fingerprint density at radius 2 is 1.76 bits per heavy atom. The number of sulfonamides is 1. The van der Waals surface area contributed by atoms with E-state index in [-0.39, 0.29) is 16.5 Å². The van der Waals surface area contributed by atoms with Crippen molar-refractivity contribution in [1.82, 2.24) is 0 Å². The average Bonchev–Trinajstić information content (AvgIpc) is 2.61. The normalized spacial score (nSPS) is 12.9. The van der Waals surface area contributed by atoms with Crippen molar-refractivity contribution in [1.29, 1.82) is 0 Å². The van der Waals surface area contributed by atoms with E-state index in [9.17, 15) is 26.4 Å². The third-order valence-electron chi connectivity index (χ3n) is 3.93. The van der Waals surface area contributed by atoms with Crippen LogP contribution < -0.4 is 14.4 Å². The molecule has 29 heavy (non-hydrogen) atoms. The highest BCUT2D eigenvalue weighted by atomic mass is 35.5. The van der Waals surface area contributed by atoms with Gasteiger partial charge < -0.3 is 10.1 Å². The van der Waals surface area contributed by atoms with Crippen LogP contribution in [-0.4, -0.2) is 33.7 Å². The highest BCUT2D eigenvalue weighted by Gasteiger charge is 2.31. The molecule has 6 nitrogen and oxygen atoms in total. The SMILES string of the molecule is CC(Oc1ccc(N(C)S(C)(=O)=O)cc1)C(=O)Nc1cc(C(F)(F)F)ccc1Cl. The number of hydrogen-bond acceptors (Lipinski definition) is 4. The van der Waals surface area contributed by atoms with Crippen LogP contribution in [0.15, 0.2) is 42.5 Å². The van der Waals surface area contributed by atoms with Crippen LogP contribution in [0.25, 0.3) is 0 Å². The molecule has 2 rings (SSSR count). The maximum atomic E-state index is 12.8. The molecule has 0 aromatic heterocycles. The van der Waals surface area contributed by atoms with E-state index in [1.54, 1.807) is 0 Å². The molecular formula is C18H18ClF3N2O4S. The van der Waals surface area contributed by atoms with Gasteiger partial charge in [0.05, 0.1) is 28.2 Å². The summed E-state index contributed by atoms with van der Waals surface area (Å²) >= 11 is 5.86. The zero-order valence-electron chi connectivity index (χ0n) is 15.6. The fraction of sp³-hybridized carbons (Fsp3) is 0.278. The molecule has 0 aliphatic rings. The molecule has 0 radical (unpaired) electrons. The Hall–Kier alpha value is -2.46. The third-order valence-corrected chi connectivity index (χ3v) is 5.47. The number of anilines is 2. The van der Waals surface area contributed by atoms with Gasteiger partial charge in [-0.15, -0.1) is 0 Å². The number of hydrogen-bond donors (Lipinski definition) is 1. The molecule has 1 amide bonds. The molecule has 1 unspecified atom stereocenters. The lowest BCUT2D eigenvalue weighted by molar-refractivity contribution is -0.137. The first-order chi connectivity index (χ1) is 13.3. The zero-order valence-corrected chi connectivity index (χ0v) is 17.2. The van der Waals surface area contributed by atoms with Crippen molar-refractivity contribution in [3.8, 4) is 5.75 Å². The average molecular weight is 451 g/mol. The van der Waals surface area contributed by atoms with Crippen LogP contribution >= 0.6 is 11.6 Å². The fourth-order valence-electron chi connectivity index (χ4n) is 2.22. The maximum Gasteiger partial charge on any atom is 0.416 e. The van der Waals surface area contributed by atoms with Gasteiger partial charge in [-0.05, 0) is 49.4 Å². The standard InChI is InChI=1S/C18H18ClF3N2O4S/c1-11(28-14-7-5-13(6-8-14)24(2)29(3,26)27)17(25)23-16-10-12(18(20,21)22)4-9-15(16)19/h4-11H,1-3H3,(H,23,25). The maximum absolute atomic E-state index is 12.8. The van der Waals surface area contributed by atoms with Crippen LogP contribution in [0.5, 0.6) is 5.75 Å². The van der Waals surface area contributed by atoms with Gasteiger partial charge in [0.2, 0.25) is 10.0 Å². The molecule has 158 valence electrons. The van der Waals surface area contributed by atoms with Gasteiger partial charge in [0.1, 0.15) is 5.75 Å². The lowest BCUT2D eigenvalue weighted by Crippen LogP contribution is -2.30. The van der Waals surface area contributed by atoms with Gasteiger partial charge >= 0.3 is 6.18 Å². The molecule has 2 aromatic rings. The van der Waals surface area contributed by atoms with Crippen molar-refractivity contribution >= 4 is 38.9 Å². The molecule has 0 fully saturated rings. The molecule has 0 aliphatic carbocycles. The van der Waals surface area contributed by atoms with Gasteiger partial charge in [0.25, 0.3) is 5.91 Å². The minimum Gasteiger partial charge on any atom is -0.481 e. The summed E-state index contributed by atoms with van der Waals surface area (Å²) in [6.45, 7) is 1.41. The van der Waals surface area contributed by atoms with Gasteiger partial charge in [-0.3, -0.25) is 9.10 Å². The van der Waals surface area contributed by atoms with Crippen LogP contribution in [0.1, 0.15) is 12.5 Å². The summed E-state index contributed by atoms with van der Waals surface area (Å²) < 4.78 is 68.1. The predicted octanol–water partition coefficient (Wildman–Crippen LogP) is 4.16. The van der Waals surface area contributed by atoms with Gasteiger partial charge in [0, 0.05) is 7.05 Å². The smallest absolute Gasteiger partial charge is 0.416 e. The molecule has 0 aliphatic heterocycles. The number of rotatable bonds is 6. The molecule has 2 aromatic carbocycles. The van der Waals surface area contributed by atoms with E-state index in [1.165, 1.54) is 38.2 Å². The van der Waals surface area contributed by atoms with Crippen LogP contribution in [0.3, 0.4) is 0 Å². The summed E-state index contributed by atoms with van der Waals surface area (Å²) in [5.74, 6) is -0.433. The Kier molecular flexibility index (Phi) is 6.69. The van der Waals surface area contributed by atoms with E-state index in [4.69, 9.17) is 16.3 Å². The number of ether oxygens (including phenoxy) is 1. The van der Waals surface area contributed by atoms with Crippen molar-refractivity contribution in [2.75, 3.05) is 22.9 Å². The number of carbonyl (C=O) groups is 1. The fourth-order valence-corrected chi connectivity index (χ4v) is 2.88. The second kappa shape index (κ2) is 8.50. The molecule has 0 saturated carbocycles. The molecule has 0 spiro atoms. The first kappa shape index (κ1) is 22.8. The Morgan fingerprint density at radius 1 is 1.17 bits per heavy atom. The van der Waals surface area contributed by atoms with E-state index >= 15 is 0 Å². The summed E-state index contributed by atoms with van der Waals surface area (Å²) in [6.07, 6.45) is -4.57. The monoisotopic (exact) mass is 450 g/mol. The minimum absolute atomic E-state index is 0.0493. The molecule has 11 heteroatoms. The lowest BCUT2D eigenvalue weighted by atomic mass is 10.2. The van der Waals surface area contributed by atoms with Crippen molar-refractivity contribution in [3.05, 3.63) is 53.1 Å². The van der Waals surface area contributed by atoms with E-state index in [0.29, 0.717) is 5.69 Å². The van der Waals surface area contributed by atoms with Crippen LogP contribution in [0, 0.1) is 0 Å². The van der Waals surface area contributed by atoms with Gasteiger partial charge in [-0.1, -0.05) is 11.6 Å². The van der Waals surface area contributed by atoms with E-state index < -0.39 is 33.8 Å². The summed E-state index contributed by atoms with van der Waals surface area (Å²) in [4.78, 5) is 12.3. The number of nitrogens with zero attached hydrogens (tertiary/aromatic N) is 1. The van der Waals surface area contributed by atoms with Gasteiger partial charge in [0.15, 0.2) is 6.10 Å². The Bertz CT molecular complexity index is 995. The summed E-state index contributed by atoms with van der Waals surface area (Å²) in [7, 11) is -2.03. The summed E-state index contributed by atoms with van der Waals surface area (Å²) in [5, 5.41) is 2.26. The van der Waals surface area contributed by atoms with E-state index in [2.05, 4.69) is 5.32 Å². The molecular weight excluding hydrogens is 433 g/mol. The highest BCUT2D eigenvalue weighted by molar-refractivity contribution is 7.92. The molecule has 0 saturated heterocycles. The largest absolute Gasteiger partial charge is 0.481 e. The molecule has 1 atom stereocenters. The quantitative estimate of drug-likeness (QED) is 0.717. The van der Waals surface area contributed by atoms with Gasteiger partial charge in [-0.2, -0.15) is 13.2 Å². The number of benzene rings is 2. The summed E-state index contributed by atoms with van der Waals surface area (Å²) in [6, 6.07) is 8.52. The number of halogens is 4. The van der Waals surface area contributed by atoms with Crippen molar-refractivity contribution in [2.45, 2.75) is 19.2 Å². The van der Waals surface area contributed by atoms with E-state index in [1.807, 2.05) is 0 Å². The molecule has 0 heterocycles. The van der Waals surface area contributed by atoms with Crippen molar-refractivity contribution in [2.24, 2.45) is 0 Å². The van der Waals surface area contributed by atoms with Crippen molar-refractivity contribution < 1.29 is 31.1 Å². The zero-order chi connectivity index (χ0) is 22.0. The molecule has 1 N–H and O–H groups in total. The van der Waals surface area contributed by atoms with Crippen LogP contribution in [0.4, 0.5) is 24.5 Å². The van der Waals surface area contributed by atoms with Crippen molar-refractivity contribution in [3.63, 3.8) is 0 Å². The number of alkyl halides is 3. The Balaban J connectivity index is 2.08. The predicted molar refractivity (Wildman–Crippen MR) is 105 cm³/mol. The highest BCUT2D eigenvalue weighted by Crippen LogP contribution is 2.34. The number of nitrogens with one attached hydrogen (secondary N) is 1. The second-order valence-electron chi connectivity index (χ2n) is 6.17.